The van der Waals surface area contributed by atoms with Crippen molar-refractivity contribution < 1.29 is 32.5 Å². The van der Waals surface area contributed by atoms with E-state index < -0.39 is 18.8 Å². The predicted octanol–water partition coefficient (Wildman–Crippen LogP) is 1.31. The Bertz CT molecular complexity index is 448. The van der Waals surface area contributed by atoms with Crippen molar-refractivity contribution in [1.29, 1.82) is 0 Å². The van der Waals surface area contributed by atoms with E-state index in [-0.39, 0.29) is 24.8 Å². The summed E-state index contributed by atoms with van der Waals surface area (Å²) in [6.45, 7) is -1.06. The summed E-state index contributed by atoms with van der Waals surface area (Å²) in [5, 5.41) is 12.5. The number of halogens is 3. The number of aromatic nitrogens is 2. The van der Waals surface area contributed by atoms with E-state index in [1.807, 2.05) is 0 Å². The Kier molecular flexibility index (Phi) is 3.65. The molecule has 2 heterocycles. The summed E-state index contributed by atoms with van der Waals surface area (Å²) in [4.78, 5) is 10.6. The number of ether oxygens (including phenoxy) is 2. The summed E-state index contributed by atoms with van der Waals surface area (Å²) < 4.78 is 46.6. The molecule has 2 rings (SSSR count). The molecule has 0 bridgehead atoms. The summed E-state index contributed by atoms with van der Waals surface area (Å²) in [5.41, 5.74) is -0.123. The molecule has 0 fully saturated rings. The minimum absolute atomic E-state index is 0.0825. The van der Waals surface area contributed by atoms with Crippen molar-refractivity contribution >= 4 is 5.97 Å². The fourth-order valence-electron chi connectivity index (χ4n) is 1.68. The van der Waals surface area contributed by atoms with Crippen LogP contribution in [0.5, 0.6) is 5.88 Å². The molecule has 1 aliphatic rings. The molecular formula is C10H11F3N2O4. The van der Waals surface area contributed by atoms with Crippen molar-refractivity contribution in [3.63, 3.8) is 0 Å². The number of rotatable bonds is 5. The SMILES string of the molecule is O=C(O)c1cc2n(n1)CC(CCOCC(F)(F)F)O2. The van der Waals surface area contributed by atoms with Crippen LogP contribution in [0.2, 0.25) is 0 Å². The molecule has 0 saturated carbocycles. The Morgan fingerprint density at radius 2 is 2.37 bits per heavy atom. The van der Waals surface area contributed by atoms with Gasteiger partial charge in [0.05, 0.1) is 13.2 Å². The van der Waals surface area contributed by atoms with E-state index in [4.69, 9.17) is 9.84 Å². The van der Waals surface area contributed by atoms with Gasteiger partial charge in [-0.3, -0.25) is 0 Å². The quantitative estimate of drug-likeness (QED) is 0.823. The van der Waals surface area contributed by atoms with Gasteiger partial charge in [0.25, 0.3) is 0 Å². The smallest absolute Gasteiger partial charge is 0.411 e. The molecule has 0 aromatic carbocycles. The van der Waals surface area contributed by atoms with E-state index in [1.54, 1.807) is 0 Å². The number of hydrogen-bond donors (Lipinski definition) is 1. The zero-order valence-corrected chi connectivity index (χ0v) is 9.68. The average molecular weight is 280 g/mol. The first-order valence-electron chi connectivity index (χ1n) is 5.47. The van der Waals surface area contributed by atoms with Gasteiger partial charge in [0.15, 0.2) is 5.69 Å². The number of carbonyl (C=O) groups is 1. The molecule has 1 unspecified atom stereocenters. The van der Waals surface area contributed by atoms with E-state index in [2.05, 4.69) is 9.84 Å². The zero-order valence-electron chi connectivity index (χ0n) is 9.68. The van der Waals surface area contributed by atoms with E-state index in [1.165, 1.54) is 10.7 Å². The lowest BCUT2D eigenvalue weighted by Crippen LogP contribution is -2.22. The first-order chi connectivity index (χ1) is 8.85. The van der Waals surface area contributed by atoms with Crippen molar-refractivity contribution in [1.82, 2.24) is 9.78 Å². The molecule has 1 atom stereocenters. The largest absolute Gasteiger partial charge is 0.476 e. The minimum atomic E-state index is -4.33. The van der Waals surface area contributed by atoms with Gasteiger partial charge in [-0.05, 0) is 0 Å². The van der Waals surface area contributed by atoms with Gasteiger partial charge in [-0.25, -0.2) is 9.48 Å². The van der Waals surface area contributed by atoms with Gasteiger partial charge in [0.1, 0.15) is 12.7 Å². The lowest BCUT2D eigenvalue weighted by Gasteiger charge is -2.11. The van der Waals surface area contributed by atoms with Gasteiger partial charge in [-0.15, -0.1) is 0 Å². The van der Waals surface area contributed by atoms with Crippen molar-refractivity contribution in [3.8, 4) is 5.88 Å². The van der Waals surface area contributed by atoms with E-state index in [9.17, 15) is 18.0 Å². The van der Waals surface area contributed by atoms with Crippen molar-refractivity contribution in [3.05, 3.63) is 11.8 Å². The predicted molar refractivity (Wildman–Crippen MR) is 55.1 cm³/mol. The lowest BCUT2D eigenvalue weighted by molar-refractivity contribution is -0.174. The first-order valence-corrected chi connectivity index (χ1v) is 5.47. The third-order valence-electron chi connectivity index (χ3n) is 2.48. The van der Waals surface area contributed by atoms with E-state index in [0.717, 1.165) is 0 Å². The summed E-state index contributed by atoms with van der Waals surface area (Å²) in [6, 6.07) is 1.28. The van der Waals surface area contributed by atoms with Crippen LogP contribution in [0.3, 0.4) is 0 Å². The van der Waals surface area contributed by atoms with Gasteiger partial charge in [0, 0.05) is 12.5 Å². The summed E-state index contributed by atoms with van der Waals surface area (Å²) >= 11 is 0. The first kappa shape index (κ1) is 13.7. The third-order valence-corrected chi connectivity index (χ3v) is 2.48. The van der Waals surface area contributed by atoms with Crippen LogP contribution in [0.4, 0.5) is 13.2 Å². The topological polar surface area (TPSA) is 73.6 Å². The molecule has 9 heteroatoms. The number of hydrogen-bond acceptors (Lipinski definition) is 4. The monoisotopic (exact) mass is 280 g/mol. The highest BCUT2D eigenvalue weighted by Gasteiger charge is 2.29. The zero-order chi connectivity index (χ0) is 14.0. The molecule has 1 aliphatic heterocycles. The maximum atomic E-state index is 11.8. The highest BCUT2D eigenvalue weighted by molar-refractivity contribution is 5.85. The van der Waals surface area contributed by atoms with Crippen molar-refractivity contribution in [2.24, 2.45) is 0 Å². The van der Waals surface area contributed by atoms with Crippen LogP contribution in [0, 0.1) is 0 Å². The van der Waals surface area contributed by atoms with Gasteiger partial charge >= 0.3 is 12.1 Å². The number of carboxylic acid groups (broad SMARTS) is 1. The highest BCUT2D eigenvalue weighted by Crippen LogP contribution is 2.24. The van der Waals surface area contributed by atoms with Crippen LogP contribution < -0.4 is 4.74 Å². The molecule has 0 spiro atoms. The molecule has 0 saturated heterocycles. The minimum Gasteiger partial charge on any atom is -0.476 e. The second-order valence-electron chi connectivity index (χ2n) is 4.05. The maximum Gasteiger partial charge on any atom is 0.411 e. The van der Waals surface area contributed by atoms with Crippen molar-refractivity contribution in [2.45, 2.75) is 25.2 Å². The number of nitrogens with zero attached hydrogens (tertiary/aromatic N) is 2. The van der Waals surface area contributed by atoms with Crippen LogP contribution in [-0.2, 0) is 11.3 Å². The van der Waals surface area contributed by atoms with Crippen LogP contribution in [0.15, 0.2) is 6.07 Å². The fraction of sp³-hybridized carbons (Fsp3) is 0.600. The molecular weight excluding hydrogens is 269 g/mol. The number of carboxylic acids is 1. The normalized spacial score (nSPS) is 18.2. The Morgan fingerprint density at radius 3 is 2.95 bits per heavy atom. The van der Waals surface area contributed by atoms with Gasteiger partial charge in [-0.1, -0.05) is 0 Å². The summed E-state index contributed by atoms with van der Waals surface area (Å²) in [7, 11) is 0. The molecule has 6 nitrogen and oxygen atoms in total. The highest BCUT2D eigenvalue weighted by atomic mass is 19.4. The summed E-state index contributed by atoms with van der Waals surface area (Å²) in [6.07, 6.45) is -4.40. The molecule has 0 radical (unpaired) electrons. The van der Waals surface area contributed by atoms with E-state index in [0.29, 0.717) is 12.4 Å². The number of aromatic carboxylic acids is 1. The average Bonchev–Trinajstić information content (AvgIpc) is 2.80. The van der Waals surface area contributed by atoms with Crippen LogP contribution in [-0.4, -0.2) is 46.4 Å². The van der Waals surface area contributed by atoms with Crippen molar-refractivity contribution in [2.75, 3.05) is 13.2 Å². The number of alkyl halides is 3. The van der Waals surface area contributed by atoms with Gasteiger partial charge < -0.3 is 14.6 Å². The Labute approximate surface area is 105 Å². The van der Waals surface area contributed by atoms with Crippen LogP contribution >= 0.6 is 0 Å². The molecule has 106 valence electrons. The fourth-order valence-corrected chi connectivity index (χ4v) is 1.68. The molecule has 1 aromatic heterocycles. The Balaban J connectivity index is 1.75. The Hall–Kier alpha value is -1.77. The van der Waals surface area contributed by atoms with Crippen LogP contribution in [0.25, 0.3) is 0 Å². The van der Waals surface area contributed by atoms with Gasteiger partial charge in [-0.2, -0.15) is 18.3 Å². The number of fused-ring (bicyclic) bond motifs is 1. The molecule has 0 aliphatic carbocycles. The second kappa shape index (κ2) is 5.08. The van der Waals surface area contributed by atoms with Gasteiger partial charge in [0.2, 0.25) is 5.88 Å². The molecule has 0 amide bonds. The standard InChI is InChI=1S/C10H11F3N2O4/c11-10(12,13)5-18-2-1-6-4-15-8(19-6)3-7(14-15)9(16)17/h3,6H,1-2,4-5H2,(H,16,17). The molecule has 1 N–H and O–H groups in total. The second-order valence-corrected chi connectivity index (χ2v) is 4.05. The lowest BCUT2D eigenvalue weighted by atomic mass is 10.3. The molecule has 19 heavy (non-hydrogen) atoms. The van der Waals surface area contributed by atoms with E-state index >= 15 is 0 Å². The third kappa shape index (κ3) is 3.60. The molecule has 1 aromatic rings. The summed E-state index contributed by atoms with van der Waals surface area (Å²) in [5.74, 6) is -0.853. The Morgan fingerprint density at radius 1 is 1.63 bits per heavy atom. The van der Waals surface area contributed by atoms with Crippen LogP contribution in [0.1, 0.15) is 16.9 Å². The maximum absolute atomic E-state index is 11.8.